The summed E-state index contributed by atoms with van der Waals surface area (Å²) in [6.07, 6.45) is -0.400. The smallest absolute Gasteiger partial charge is 0.854 e. The summed E-state index contributed by atoms with van der Waals surface area (Å²) in [6.45, 7) is 1.27. The van der Waals surface area contributed by atoms with Gasteiger partial charge >= 0.3 is 59.1 Å². The first-order valence-electron chi connectivity index (χ1n) is 2.01. The van der Waals surface area contributed by atoms with Crippen molar-refractivity contribution in [2.24, 2.45) is 0 Å². The van der Waals surface area contributed by atoms with Gasteiger partial charge in [0.25, 0.3) is 0 Å². The molecule has 0 radical (unpaired) electrons. The molecule has 0 aromatic rings. The largest absolute Gasteiger partial charge is 1.00 e. The van der Waals surface area contributed by atoms with E-state index in [9.17, 15) is 10.2 Å². The SMILES string of the molecule is CC([O-])CC[O-].[Na+].[Na+]. The van der Waals surface area contributed by atoms with Gasteiger partial charge in [-0.15, -0.1) is 12.7 Å². The van der Waals surface area contributed by atoms with Gasteiger partial charge in [-0.2, -0.15) is 0 Å². The van der Waals surface area contributed by atoms with Crippen LogP contribution in [0.15, 0.2) is 0 Å². The van der Waals surface area contributed by atoms with Crippen LogP contribution in [0, 0.1) is 0 Å². The molecule has 0 heterocycles. The fourth-order valence-corrected chi connectivity index (χ4v) is 0.166. The van der Waals surface area contributed by atoms with E-state index in [0.29, 0.717) is 0 Å². The van der Waals surface area contributed by atoms with E-state index in [1.165, 1.54) is 6.92 Å². The van der Waals surface area contributed by atoms with Crippen LogP contribution < -0.4 is 69.3 Å². The Morgan fingerprint density at radius 2 is 1.75 bits per heavy atom. The van der Waals surface area contributed by atoms with Gasteiger partial charge in [0.1, 0.15) is 0 Å². The van der Waals surface area contributed by atoms with Crippen LogP contribution in [-0.4, -0.2) is 12.7 Å². The fourth-order valence-electron chi connectivity index (χ4n) is 0.166. The summed E-state index contributed by atoms with van der Waals surface area (Å²) in [4.78, 5) is 0. The molecule has 38 valence electrons. The summed E-state index contributed by atoms with van der Waals surface area (Å²) < 4.78 is 0. The molecule has 0 saturated carbocycles. The first-order valence-corrected chi connectivity index (χ1v) is 2.01. The third-order valence-corrected chi connectivity index (χ3v) is 0.524. The van der Waals surface area contributed by atoms with Gasteiger partial charge < -0.3 is 10.2 Å². The van der Waals surface area contributed by atoms with E-state index in [1.54, 1.807) is 0 Å². The average Bonchev–Trinajstić information content (AvgIpc) is 1.35. The van der Waals surface area contributed by atoms with Crippen LogP contribution in [0.5, 0.6) is 0 Å². The molecule has 0 amide bonds. The molecular weight excluding hydrogens is 126 g/mol. The van der Waals surface area contributed by atoms with Crippen LogP contribution in [0.4, 0.5) is 0 Å². The predicted octanol–water partition coefficient (Wildman–Crippen LogP) is -7.51. The molecule has 1 atom stereocenters. The Balaban J connectivity index is -0.000000125. The maximum Gasteiger partial charge on any atom is 1.00 e. The van der Waals surface area contributed by atoms with E-state index in [-0.39, 0.29) is 72.1 Å². The molecule has 8 heavy (non-hydrogen) atoms. The number of hydrogen-bond acceptors (Lipinski definition) is 2. The van der Waals surface area contributed by atoms with Crippen molar-refractivity contribution in [1.29, 1.82) is 0 Å². The Kier molecular flexibility index (Phi) is 24.1. The van der Waals surface area contributed by atoms with Crippen LogP contribution in [0.1, 0.15) is 13.3 Å². The van der Waals surface area contributed by atoms with Gasteiger partial charge in [-0.3, -0.25) is 0 Å². The molecule has 0 rings (SSSR count). The second-order valence-electron chi connectivity index (χ2n) is 1.30. The van der Waals surface area contributed by atoms with E-state index >= 15 is 0 Å². The van der Waals surface area contributed by atoms with Crippen LogP contribution in [0.3, 0.4) is 0 Å². The van der Waals surface area contributed by atoms with E-state index < -0.39 is 6.10 Å². The second-order valence-corrected chi connectivity index (χ2v) is 1.30. The molecule has 0 aliphatic rings. The number of rotatable bonds is 2. The van der Waals surface area contributed by atoms with Gasteiger partial charge in [0.05, 0.1) is 0 Å². The predicted molar refractivity (Wildman–Crippen MR) is 18.9 cm³/mol. The quantitative estimate of drug-likeness (QED) is 0.352. The van der Waals surface area contributed by atoms with Crippen molar-refractivity contribution in [3.63, 3.8) is 0 Å². The normalized spacial score (nSPS) is 10.9. The first-order chi connectivity index (χ1) is 2.77. The van der Waals surface area contributed by atoms with Crippen molar-refractivity contribution in [2.45, 2.75) is 19.4 Å². The van der Waals surface area contributed by atoms with E-state index in [0.717, 1.165) is 0 Å². The minimum Gasteiger partial charge on any atom is -0.854 e. The number of hydrogen-bond donors (Lipinski definition) is 0. The first kappa shape index (κ1) is 16.5. The zero-order chi connectivity index (χ0) is 4.99. The van der Waals surface area contributed by atoms with Crippen molar-refractivity contribution in [3.05, 3.63) is 0 Å². The molecule has 4 heteroatoms. The summed E-state index contributed by atoms with van der Waals surface area (Å²) >= 11 is 0. The molecule has 0 aromatic carbocycles. The van der Waals surface area contributed by atoms with Crippen LogP contribution >= 0.6 is 0 Å². The maximum atomic E-state index is 9.93. The maximum absolute atomic E-state index is 9.93. The fraction of sp³-hybridized carbons (Fsp3) is 1.00. The van der Waals surface area contributed by atoms with Crippen molar-refractivity contribution < 1.29 is 69.3 Å². The molecule has 0 aromatic heterocycles. The Hall–Kier alpha value is 1.92. The standard InChI is InChI=1S/C4H8O2.2Na/c1-4(6)2-3-5;;/h4H,2-3H2,1H3;;/q-2;2*+1. The molecule has 0 fully saturated rings. The molecule has 0 spiro atoms. The van der Waals surface area contributed by atoms with Gasteiger partial charge in [0.15, 0.2) is 0 Å². The van der Waals surface area contributed by atoms with E-state index in [2.05, 4.69) is 0 Å². The molecular formula is C4H8Na2O2. The van der Waals surface area contributed by atoms with Gasteiger partial charge in [-0.05, 0) is 0 Å². The Labute approximate surface area is 94.2 Å². The molecule has 2 nitrogen and oxygen atoms in total. The van der Waals surface area contributed by atoms with Crippen molar-refractivity contribution in [2.75, 3.05) is 6.61 Å². The molecule has 0 bridgehead atoms. The monoisotopic (exact) mass is 134 g/mol. The molecule has 0 aliphatic carbocycles. The topological polar surface area (TPSA) is 46.1 Å². The minimum atomic E-state index is -0.664. The second kappa shape index (κ2) is 11.7. The summed E-state index contributed by atoms with van der Waals surface area (Å²) in [7, 11) is 0. The van der Waals surface area contributed by atoms with Gasteiger partial charge in [-0.25, -0.2) is 0 Å². The summed E-state index contributed by atoms with van der Waals surface area (Å²) in [6, 6.07) is 0. The van der Waals surface area contributed by atoms with Crippen molar-refractivity contribution >= 4 is 0 Å². The van der Waals surface area contributed by atoms with Crippen molar-refractivity contribution in [1.82, 2.24) is 0 Å². The van der Waals surface area contributed by atoms with Gasteiger partial charge in [0, 0.05) is 0 Å². The molecule has 0 aliphatic heterocycles. The summed E-state index contributed by atoms with van der Waals surface area (Å²) in [5.74, 6) is 0. The van der Waals surface area contributed by atoms with Crippen molar-refractivity contribution in [3.8, 4) is 0 Å². The molecule has 0 N–H and O–H groups in total. The van der Waals surface area contributed by atoms with E-state index in [4.69, 9.17) is 0 Å². The van der Waals surface area contributed by atoms with Crippen LogP contribution in [0.25, 0.3) is 0 Å². The Morgan fingerprint density at radius 1 is 1.38 bits per heavy atom. The minimum absolute atomic E-state index is 0. The third kappa shape index (κ3) is 15.7. The Morgan fingerprint density at radius 3 is 1.75 bits per heavy atom. The average molecular weight is 134 g/mol. The zero-order valence-corrected chi connectivity index (χ0v) is 9.81. The zero-order valence-electron chi connectivity index (χ0n) is 5.81. The van der Waals surface area contributed by atoms with Gasteiger partial charge in [0.2, 0.25) is 0 Å². The summed E-state index contributed by atoms with van der Waals surface area (Å²) in [5, 5.41) is 19.5. The third-order valence-electron chi connectivity index (χ3n) is 0.524. The van der Waals surface area contributed by atoms with Crippen LogP contribution in [-0.2, 0) is 0 Å². The molecule has 0 saturated heterocycles. The van der Waals surface area contributed by atoms with E-state index in [1.807, 2.05) is 0 Å². The van der Waals surface area contributed by atoms with Gasteiger partial charge in [-0.1, -0.05) is 13.3 Å². The molecule has 1 unspecified atom stereocenters. The van der Waals surface area contributed by atoms with Crippen LogP contribution in [0.2, 0.25) is 0 Å². The summed E-state index contributed by atoms with van der Waals surface area (Å²) in [5.41, 5.74) is 0. The Bertz CT molecular complexity index is 33.2.